The van der Waals surface area contributed by atoms with Crippen LogP contribution < -0.4 is 21.9 Å². The predicted molar refractivity (Wildman–Crippen MR) is 76.5 cm³/mol. The molecule has 1 aromatic rings. The number of benzene rings is 1. The first-order valence-corrected chi connectivity index (χ1v) is 6.17. The van der Waals surface area contributed by atoms with E-state index in [4.69, 9.17) is 5.84 Å². The molecule has 1 aromatic carbocycles. The molecule has 0 bridgehead atoms. The third-order valence-electron chi connectivity index (χ3n) is 2.46. The highest BCUT2D eigenvalue weighted by atomic mass is 16.6. The predicted octanol–water partition coefficient (Wildman–Crippen LogP) is 0.135. The number of nitrogens with two attached hydrogens (primary N) is 1. The number of hydrazine groups is 1. The zero-order chi connectivity index (χ0) is 16.0. The number of nitro benzene ring substituents is 1. The summed E-state index contributed by atoms with van der Waals surface area (Å²) in [5, 5.41) is 15.8. The van der Waals surface area contributed by atoms with Crippen LogP contribution in [0, 0.1) is 10.1 Å². The Morgan fingerprint density at radius 2 is 2.05 bits per heavy atom. The molecule has 0 aliphatic carbocycles. The summed E-state index contributed by atoms with van der Waals surface area (Å²) < 4.78 is 0. The summed E-state index contributed by atoms with van der Waals surface area (Å²) in [6.07, 6.45) is 0. The summed E-state index contributed by atoms with van der Waals surface area (Å²) in [5.41, 5.74) is 2.10. The molecule has 0 aromatic heterocycles. The molecule has 0 radical (unpaired) electrons. The fraction of sp³-hybridized carbons (Fsp3) is 0.333. The monoisotopic (exact) mass is 295 g/mol. The van der Waals surface area contributed by atoms with Crippen molar-refractivity contribution >= 4 is 23.2 Å². The summed E-state index contributed by atoms with van der Waals surface area (Å²) >= 11 is 0. The fourth-order valence-corrected chi connectivity index (χ4v) is 1.60. The van der Waals surface area contributed by atoms with Gasteiger partial charge in [-0.2, -0.15) is 0 Å². The Kier molecular flexibility index (Phi) is 5.61. The van der Waals surface area contributed by atoms with Crippen LogP contribution in [0.25, 0.3) is 0 Å². The highest BCUT2D eigenvalue weighted by Gasteiger charge is 2.21. The van der Waals surface area contributed by atoms with Gasteiger partial charge in [0.2, 0.25) is 5.91 Å². The van der Waals surface area contributed by atoms with Crippen LogP contribution in [-0.4, -0.2) is 29.3 Å². The lowest BCUT2D eigenvalue weighted by Gasteiger charge is -2.10. The molecule has 0 unspecified atom stereocenters. The average Bonchev–Trinajstić information content (AvgIpc) is 2.43. The van der Waals surface area contributed by atoms with Crippen molar-refractivity contribution in [2.75, 3.05) is 12.0 Å². The first kappa shape index (κ1) is 16.4. The first-order valence-electron chi connectivity index (χ1n) is 6.17. The number of hydrogen-bond acceptors (Lipinski definition) is 6. The molecular formula is C12H17N5O4. The zero-order valence-electron chi connectivity index (χ0n) is 11.7. The van der Waals surface area contributed by atoms with Gasteiger partial charge in [-0.25, -0.2) is 0 Å². The van der Waals surface area contributed by atoms with E-state index >= 15 is 0 Å². The van der Waals surface area contributed by atoms with E-state index < -0.39 is 10.8 Å². The van der Waals surface area contributed by atoms with Gasteiger partial charge in [-0.05, 0) is 26.0 Å². The molecule has 9 heteroatoms. The smallest absolute Gasteiger partial charge is 0.282 e. The van der Waals surface area contributed by atoms with E-state index in [0.29, 0.717) is 5.69 Å². The quantitative estimate of drug-likeness (QED) is 0.334. The molecule has 0 heterocycles. The van der Waals surface area contributed by atoms with Crippen LogP contribution in [0.2, 0.25) is 0 Å². The second-order valence-electron chi connectivity index (χ2n) is 4.54. The van der Waals surface area contributed by atoms with Gasteiger partial charge in [-0.15, -0.1) is 0 Å². The van der Waals surface area contributed by atoms with Gasteiger partial charge in [-0.3, -0.25) is 25.5 Å². The molecule has 0 aliphatic heterocycles. The van der Waals surface area contributed by atoms with Gasteiger partial charge >= 0.3 is 0 Å². The number of nitro groups is 1. The minimum atomic E-state index is -0.724. The number of amides is 2. The number of rotatable bonds is 6. The standard InChI is InChI=1S/C12H17N5O4/c1-7(2)15-11(18)6-14-12(19)9-5-8(16-13)3-4-10(9)17(20)21/h3-5,7,16H,6,13H2,1-2H3,(H,14,19)(H,15,18). The van der Waals surface area contributed by atoms with E-state index in [-0.39, 0.29) is 29.7 Å². The van der Waals surface area contributed by atoms with Crippen molar-refractivity contribution < 1.29 is 14.5 Å². The Hall–Kier alpha value is -2.68. The molecule has 1 rings (SSSR count). The van der Waals surface area contributed by atoms with E-state index in [2.05, 4.69) is 16.1 Å². The maximum atomic E-state index is 12.0. The number of hydrogen-bond donors (Lipinski definition) is 4. The fourth-order valence-electron chi connectivity index (χ4n) is 1.60. The van der Waals surface area contributed by atoms with Gasteiger partial charge in [0.1, 0.15) is 5.56 Å². The van der Waals surface area contributed by atoms with Gasteiger partial charge < -0.3 is 16.1 Å². The Balaban J connectivity index is 2.85. The Morgan fingerprint density at radius 1 is 1.38 bits per heavy atom. The minimum absolute atomic E-state index is 0.0616. The van der Waals surface area contributed by atoms with Crippen LogP contribution in [0.3, 0.4) is 0 Å². The summed E-state index contributed by atoms with van der Waals surface area (Å²) in [6.45, 7) is 3.29. The Morgan fingerprint density at radius 3 is 2.57 bits per heavy atom. The normalized spacial score (nSPS) is 10.1. The number of nitrogens with zero attached hydrogens (tertiary/aromatic N) is 1. The summed E-state index contributed by atoms with van der Waals surface area (Å²) in [7, 11) is 0. The van der Waals surface area contributed by atoms with Crippen molar-refractivity contribution in [2.45, 2.75) is 19.9 Å². The molecule has 0 atom stereocenters. The molecule has 9 nitrogen and oxygen atoms in total. The van der Waals surface area contributed by atoms with Crippen LogP contribution in [0.5, 0.6) is 0 Å². The summed E-state index contributed by atoms with van der Waals surface area (Å²) in [6, 6.07) is 3.72. The molecule has 0 spiro atoms. The van der Waals surface area contributed by atoms with Crippen molar-refractivity contribution in [3.63, 3.8) is 0 Å². The lowest BCUT2D eigenvalue weighted by molar-refractivity contribution is -0.385. The lowest BCUT2D eigenvalue weighted by atomic mass is 10.1. The van der Waals surface area contributed by atoms with Crippen LogP contribution in [-0.2, 0) is 4.79 Å². The molecule has 21 heavy (non-hydrogen) atoms. The molecule has 0 fully saturated rings. The van der Waals surface area contributed by atoms with E-state index in [9.17, 15) is 19.7 Å². The largest absolute Gasteiger partial charge is 0.352 e. The van der Waals surface area contributed by atoms with Gasteiger partial charge in [0, 0.05) is 17.8 Å². The van der Waals surface area contributed by atoms with E-state index in [1.165, 1.54) is 12.1 Å². The molecule has 5 N–H and O–H groups in total. The number of carbonyl (C=O) groups is 2. The second kappa shape index (κ2) is 7.20. The molecule has 114 valence electrons. The van der Waals surface area contributed by atoms with Gasteiger partial charge in [0.15, 0.2) is 0 Å². The number of nitrogens with one attached hydrogen (secondary N) is 3. The van der Waals surface area contributed by atoms with E-state index in [1.54, 1.807) is 13.8 Å². The first-order chi connectivity index (χ1) is 9.85. The van der Waals surface area contributed by atoms with Crippen LogP contribution in [0.15, 0.2) is 18.2 Å². The third-order valence-corrected chi connectivity index (χ3v) is 2.46. The average molecular weight is 295 g/mol. The van der Waals surface area contributed by atoms with Gasteiger partial charge in [-0.1, -0.05) is 0 Å². The van der Waals surface area contributed by atoms with Crippen molar-refractivity contribution in [3.8, 4) is 0 Å². The molecule has 0 saturated carbocycles. The van der Waals surface area contributed by atoms with Crippen molar-refractivity contribution in [2.24, 2.45) is 5.84 Å². The maximum Gasteiger partial charge on any atom is 0.282 e. The number of carbonyl (C=O) groups excluding carboxylic acids is 2. The number of nitrogen functional groups attached to an aromatic ring is 1. The molecule has 0 aliphatic rings. The lowest BCUT2D eigenvalue weighted by Crippen LogP contribution is -2.39. The van der Waals surface area contributed by atoms with Crippen LogP contribution >= 0.6 is 0 Å². The number of anilines is 1. The van der Waals surface area contributed by atoms with Crippen molar-refractivity contribution in [1.82, 2.24) is 10.6 Å². The van der Waals surface area contributed by atoms with Crippen LogP contribution in [0.1, 0.15) is 24.2 Å². The van der Waals surface area contributed by atoms with E-state index in [1.807, 2.05) is 0 Å². The SMILES string of the molecule is CC(C)NC(=O)CNC(=O)c1cc(NN)ccc1[N+](=O)[O-]. The highest BCUT2D eigenvalue weighted by Crippen LogP contribution is 2.22. The molecule has 0 saturated heterocycles. The van der Waals surface area contributed by atoms with Gasteiger partial charge in [0.05, 0.1) is 11.5 Å². The Labute approximate surface area is 121 Å². The third kappa shape index (κ3) is 4.73. The van der Waals surface area contributed by atoms with E-state index in [0.717, 1.165) is 6.07 Å². The molecule has 2 amide bonds. The molecular weight excluding hydrogens is 278 g/mol. The highest BCUT2D eigenvalue weighted by molar-refractivity contribution is 6.00. The topological polar surface area (TPSA) is 139 Å². The second-order valence-corrected chi connectivity index (χ2v) is 4.54. The minimum Gasteiger partial charge on any atom is -0.352 e. The maximum absolute atomic E-state index is 12.0. The van der Waals surface area contributed by atoms with Gasteiger partial charge in [0.25, 0.3) is 11.6 Å². The summed E-state index contributed by atoms with van der Waals surface area (Å²) in [4.78, 5) is 33.6. The summed E-state index contributed by atoms with van der Waals surface area (Å²) in [5.74, 6) is 4.10. The Bertz CT molecular complexity index is 559. The van der Waals surface area contributed by atoms with Crippen molar-refractivity contribution in [1.29, 1.82) is 0 Å². The zero-order valence-corrected chi connectivity index (χ0v) is 11.7. The van der Waals surface area contributed by atoms with Crippen molar-refractivity contribution in [3.05, 3.63) is 33.9 Å². The van der Waals surface area contributed by atoms with Crippen LogP contribution in [0.4, 0.5) is 11.4 Å².